The predicted octanol–water partition coefficient (Wildman–Crippen LogP) is 5.55. The van der Waals surface area contributed by atoms with Gasteiger partial charge in [-0.2, -0.15) is 4.68 Å². The molecular weight excluding hydrogens is 298 g/mol. The third-order valence-electron chi connectivity index (χ3n) is 4.27. The standard InChI is InChI=1S/C20H29N3O/c1-2-3-4-5-6-7-8-9-10-11-12-17-20(24)23-19-16-14-13-15-18(19)21-22-23/h11-16H,2-10,17H2,1H3/b12-11+. The summed E-state index contributed by atoms with van der Waals surface area (Å²) in [5.41, 5.74) is 1.53. The second-order valence-corrected chi connectivity index (χ2v) is 6.32. The fourth-order valence-corrected chi connectivity index (χ4v) is 2.84. The molecule has 0 bridgehead atoms. The zero-order valence-corrected chi connectivity index (χ0v) is 14.8. The summed E-state index contributed by atoms with van der Waals surface area (Å²) in [6.45, 7) is 2.25. The van der Waals surface area contributed by atoms with Gasteiger partial charge in [-0.25, -0.2) is 0 Å². The molecule has 0 fully saturated rings. The van der Waals surface area contributed by atoms with Gasteiger partial charge in [0.1, 0.15) is 5.52 Å². The first kappa shape index (κ1) is 18.4. The highest BCUT2D eigenvalue weighted by Gasteiger charge is 2.09. The average Bonchev–Trinajstić information content (AvgIpc) is 3.03. The number of nitrogens with zero attached hydrogens (tertiary/aromatic N) is 3. The van der Waals surface area contributed by atoms with Crippen LogP contribution in [0.25, 0.3) is 11.0 Å². The Morgan fingerprint density at radius 1 is 1.00 bits per heavy atom. The number of hydrogen-bond donors (Lipinski definition) is 0. The van der Waals surface area contributed by atoms with E-state index in [2.05, 4.69) is 23.3 Å². The monoisotopic (exact) mass is 327 g/mol. The van der Waals surface area contributed by atoms with Crippen molar-refractivity contribution in [2.45, 2.75) is 71.1 Å². The number of aromatic nitrogens is 3. The van der Waals surface area contributed by atoms with Crippen LogP contribution in [0.1, 0.15) is 75.9 Å². The molecule has 0 N–H and O–H groups in total. The van der Waals surface area contributed by atoms with Gasteiger partial charge >= 0.3 is 0 Å². The summed E-state index contributed by atoms with van der Waals surface area (Å²) in [6.07, 6.45) is 16.2. The first-order valence-electron chi connectivity index (χ1n) is 9.31. The number of rotatable bonds is 11. The van der Waals surface area contributed by atoms with Crippen LogP contribution in [-0.4, -0.2) is 20.9 Å². The molecule has 0 atom stereocenters. The van der Waals surface area contributed by atoms with Crippen LogP contribution in [0.5, 0.6) is 0 Å². The molecule has 1 aromatic heterocycles. The van der Waals surface area contributed by atoms with E-state index in [1.54, 1.807) is 0 Å². The van der Waals surface area contributed by atoms with Crippen molar-refractivity contribution in [2.24, 2.45) is 0 Å². The summed E-state index contributed by atoms with van der Waals surface area (Å²) in [6, 6.07) is 7.53. The minimum Gasteiger partial charge on any atom is -0.272 e. The molecule has 4 heteroatoms. The minimum atomic E-state index is -0.0316. The van der Waals surface area contributed by atoms with Crippen LogP contribution < -0.4 is 0 Å². The van der Waals surface area contributed by atoms with E-state index < -0.39 is 0 Å². The maximum absolute atomic E-state index is 12.2. The molecule has 0 radical (unpaired) electrons. The number of carbonyl (C=O) groups excluding carboxylic acids is 1. The molecule has 24 heavy (non-hydrogen) atoms. The molecule has 0 spiro atoms. The van der Waals surface area contributed by atoms with Gasteiger partial charge in [0.15, 0.2) is 0 Å². The molecule has 130 valence electrons. The Labute approximate surface area is 144 Å². The van der Waals surface area contributed by atoms with Gasteiger partial charge in [-0.3, -0.25) is 4.79 Å². The van der Waals surface area contributed by atoms with Gasteiger partial charge in [-0.15, -0.1) is 5.10 Å². The Balaban J connectivity index is 1.59. The van der Waals surface area contributed by atoms with Gasteiger partial charge in [0, 0.05) is 6.42 Å². The molecule has 2 aromatic rings. The van der Waals surface area contributed by atoms with E-state index >= 15 is 0 Å². The summed E-state index contributed by atoms with van der Waals surface area (Å²) in [5, 5.41) is 7.96. The highest BCUT2D eigenvalue weighted by molar-refractivity contribution is 5.89. The number of fused-ring (bicyclic) bond motifs is 1. The van der Waals surface area contributed by atoms with Crippen molar-refractivity contribution < 1.29 is 4.79 Å². The van der Waals surface area contributed by atoms with E-state index in [1.165, 1.54) is 56.0 Å². The SMILES string of the molecule is CCCCCCCCCC/C=C/CC(=O)n1nnc2ccccc21. The lowest BCUT2D eigenvalue weighted by Crippen LogP contribution is -2.10. The molecule has 0 aliphatic carbocycles. The number of para-hydroxylation sites is 1. The maximum Gasteiger partial charge on any atom is 0.252 e. The van der Waals surface area contributed by atoms with E-state index in [0.29, 0.717) is 6.42 Å². The predicted molar refractivity (Wildman–Crippen MR) is 99.1 cm³/mol. The van der Waals surface area contributed by atoms with Crippen molar-refractivity contribution >= 4 is 16.9 Å². The van der Waals surface area contributed by atoms with E-state index in [-0.39, 0.29) is 5.91 Å². The topological polar surface area (TPSA) is 47.8 Å². The van der Waals surface area contributed by atoms with E-state index in [1.807, 2.05) is 30.3 Å². The highest BCUT2D eigenvalue weighted by atomic mass is 16.2. The van der Waals surface area contributed by atoms with Gasteiger partial charge in [0.05, 0.1) is 5.52 Å². The van der Waals surface area contributed by atoms with Crippen molar-refractivity contribution in [2.75, 3.05) is 0 Å². The van der Waals surface area contributed by atoms with Crippen LogP contribution in [-0.2, 0) is 0 Å². The van der Waals surface area contributed by atoms with Gasteiger partial charge in [0.25, 0.3) is 5.91 Å². The van der Waals surface area contributed by atoms with Gasteiger partial charge in [-0.1, -0.05) is 81.4 Å². The Morgan fingerprint density at radius 2 is 1.71 bits per heavy atom. The molecule has 0 aliphatic rings. The van der Waals surface area contributed by atoms with E-state index in [0.717, 1.165) is 17.5 Å². The third kappa shape index (κ3) is 5.91. The number of allylic oxidation sites excluding steroid dienone is 2. The number of benzene rings is 1. The van der Waals surface area contributed by atoms with E-state index in [9.17, 15) is 4.79 Å². The van der Waals surface area contributed by atoms with E-state index in [4.69, 9.17) is 0 Å². The summed E-state index contributed by atoms with van der Waals surface area (Å²) >= 11 is 0. The van der Waals surface area contributed by atoms with Gasteiger partial charge < -0.3 is 0 Å². The van der Waals surface area contributed by atoms with Crippen LogP contribution in [0.4, 0.5) is 0 Å². The van der Waals surface area contributed by atoms with Crippen LogP contribution in [0, 0.1) is 0 Å². The normalized spacial score (nSPS) is 11.5. The Kier molecular flexibility index (Phi) is 8.22. The smallest absolute Gasteiger partial charge is 0.252 e. The maximum atomic E-state index is 12.2. The zero-order chi connectivity index (χ0) is 17.0. The Morgan fingerprint density at radius 3 is 2.50 bits per heavy atom. The van der Waals surface area contributed by atoms with Crippen LogP contribution in [0.15, 0.2) is 36.4 Å². The molecular formula is C20H29N3O. The lowest BCUT2D eigenvalue weighted by Gasteiger charge is -2.00. The molecule has 0 saturated heterocycles. The number of carbonyl (C=O) groups is 1. The Bertz CT molecular complexity index is 645. The van der Waals surface area contributed by atoms with Crippen LogP contribution >= 0.6 is 0 Å². The first-order chi connectivity index (χ1) is 11.8. The average molecular weight is 327 g/mol. The molecule has 0 amide bonds. The molecule has 4 nitrogen and oxygen atoms in total. The summed E-state index contributed by atoms with van der Waals surface area (Å²) in [4.78, 5) is 12.2. The summed E-state index contributed by atoms with van der Waals surface area (Å²) in [7, 11) is 0. The second-order valence-electron chi connectivity index (χ2n) is 6.32. The molecule has 1 aromatic carbocycles. The molecule has 0 saturated carbocycles. The molecule has 0 aliphatic heterocycles. The molecule has 2 rings (SSSR count). The first-order valence-corrected chi connectivity index (χ1v) is 9.31. The third-order valence-corrected chi connectivity index (χ3v) is 4.27. The fraction of sp³-hybridized carbons (Fsp3) is 0.550. The van der Waals surface area contributed by atoms with Crippen molar-refractivity contribution in [3.63, 3.8) is 0 Å². The quantitative estimate of drug-likeness (QED) is 0.401. The summed E-state index contributed by atoms with van der Waals surface area (Å²) in [5.74, 6) is -0.0316. The fourth-order valence-electron chi connectivity index (χ4n) is 2.84. The van der Waals surface area contributed by atoms with Gasteiger partial charge in [-0.05, 0) is 25.0 Å². The lowest BCUT2D eigenvalue weighted by molar-refractivity contribution is 0.0905. The van der Waals surface area contributed by atoms with Crippen molar-refractivity contribution in [3.8, 4) is 0 Å². The highest BCUT2D eigenvalue weighted by Crippen LogP contribution is 2.11. The van der Waals surface area contributed by atoms with Crippen molar-refractivity contribution in [3.05, 3.63) is 36.4 Å². The second kappa shape index (κ2) is 10.7. The number of hydrogen-bond acceptors (Lipinski definition) is 3. The van der Waals surface area contributed by atoms with Crippen molar-refractivity contribution in [1.29, 1.82) is 0 Å². The number of unbranched alkanes of at least 4 members (excludes halogenated alkanes) is 8. The molecule has 0 unspecified atom stereocenters. The van der Waals surface area contributed by atoms with Crippen molar-refractivity contribution in [1.82, 2.24) is 15.0 Å². The van der Waals surface area contributed by atoms with Crippen LogP contribution in [0.3, 0.4) is 0 Å². The summed E-state index contributed by atoms with van der Waals surface area (Å²) < 4.78 is 1.40. The molecule has 1 heterocycles. The minimum absolute atomic E-state index is 0.0316. The lowest BCUT2D eigenvalue weighted by atomic mass is 10.1. The Hall–Kier alpha value is -1.97. The largest absolute Gasteiger partial charge is 0.272 e. The van der Waals surface area contributed by atoms with Gasteiger partial charge in [0.2, 0.25) is 0 Å². The zero-order valence-electron chi connectivity index (χ0n) is 14.8. The van der Waals surface area contributed by atoms with Crippen LogP contribution in [0.2, 0.25) is 0 Å².